The summed E-state index contributed by atoms with van der Waals surface area (Å²) < 4.78 is 2.22. The number of fused-ring (bicyclic) bond motifs is 1. The first-order valence-corrected chi connectivity index (χ1v) is 6.93. The fourth-order valence-electron chi connectivity index (χ4n) is 2.68. The Labute approximate surface area is 118 Å². The fourth-order valence-corrected chi connectivity index (χ4v) is 2.68. The molecule has 3 rings (SSSR count). The van der Waals surface area contributed by atoms with Gasteiger partial charge in [0.05, 0.1) is 23.7 Å². The molecule has 1 atom stereocenters. The second kappa shape index (κ2) is 5.47. The molecule has 1 aromatic heterocycles. The van der Waals surface area contributed by atoms with E-state index in [1.807, 2.05) is 24.3 Å². The van der Waals surface area contributed by atoms with Gasteiger partial charge in [0.25, 0.3) is 0 Å². The average Bonchev–Trinajstić information content (AvgIpc) is 2.86. The van der Waals surface area contributed by atoms with E-state index in [0.717, 1.165) is 16.9 Å². The van der Waals surface area contributed by atoms with Crippen LogP contribution in [0.2, 0.25) is 0 Å². The molecule has 0 bridgehead atoms. The maximum Gasteiger partial charge on any atom is 0.112 e. The van der Waals surface area contributed by atoms with Crippen LogP contribution >= 0.6 is 0 Å². The zero-order valence-electron chi connectivity index (χ0n) is 11.5. The molecule has 0 spiro atoms. The maximum absolute atomic E-state index is 9.27. The van der Waals surface area contributed by atoms with E-state index in [4.69, 9.17) is 0 Å². The molecule has 0 unspecified atom stereocenters. The van der Waals surface area contributed by atoms with Crippen LogP contribution in [0.3, 0.4) is 0 Å². The van der Waals surface area contributed by atoms with Crippen molar-refractivity contribution in [2.24, 2.45) is 0 Å². The number of aliphatic hydroxyl groups excluding tert-OH is 1. The number of hydrogen-bond donors (Lipinski definition) is 1. The van der Waals surface area contributed by atoms with E-state index < -0.39 is 0 Å². The highest BCUT2D eigenvalue weighted by Crippen LogP contribution is 2.26. The summed E-state index contributed by atoms with van der Waals surface area (Å²) in [6, 6.07) is 18.7. The molecule has 0 saturated heterocycles. The Bertz CT molecular complexity index is 703. The van der Waals surface area contributed by atoms with E-state index in [9.17, 15) is 5.11 Å². The van der Waals surface area contributed by atoms with Crippen molar-refractivity contribution < 1.29 is 5.11 Å². The first kappa shape index (κ1) is 12.9. The Morgan fingerprint density at radius 2 is 1.75 bits per heavy atom. The summed E-state index contributed by atoms with van der Waals surface area (Å²) in [5.74, 6) is 0.935. The summed E-state index contributed by atoms with van der Waals surface area (Å²) >= 11 is 0. The molecule has 1 N–H and O–H groups in total. The highest BCUT2D eigenvalue weighted by atomic mass is 16.3. The van der Waals surface area contributed by atoms with Gasteiger partial charge in [-0.1, -0.05) is 42.5 Å². The first-order valence-electron chi connectivity index (χ1n) is 6.93. The molecular weight excluding hydrogens is 248 g/mol. The molecule has 3 aromatic rings. The highest BCUT2D eigenvalue weighted by molar-refractivity contribution is 5.76. The quantitative estimate of drug-likeness (QED) is 0.787. The predicted molar refractivity (Wildman–Crippen MR) is 80.8 cm³/mol. The SMILES string of the molecule is C[C@@H](c1ccccc1)n1c(CCO)nc2ccccc21. The van der Waals surface area contributed by atoms with Crippen molar-refractivity contribution in [2.75, 3.05) is 6.61 Å². The summed E-state index contributed by atoms with van der Waals surface area (Å²) in [5, 5.41) is 9.27. The minimum Gasteiger partial charge on any atom is -0.396 e. The lowest BCUT2D eigenvalue weighted by molar-refractivity contribution is 0.294. The number of benzene rings is 2. The van der Waals surface area contributed by atoms with Gasteiger partial charge in [0.2, 0.25) is 0 Å². The molecule has 3 heteroatoms. The van der Waals surface area contributed by atoms with Crippen molar-refractivity contribution in [1.29, 1.82) is 0 Å². The molecule has 102 valence electrons. The van der Waals surface area contributed by atoms with Crippen molar-refractivity contribution in [1.82, 2.24) is 9.55 Å². The van der Waals surface area contributed by atoms with E-state index in [2.05, 4.69) is 46.8 Å². The third-order valence-corrected chi connectivity index (χ3v) is 3.67. The summed E-state index contributed by atoms with van der Waals surface area (Å²) in [4.78, 5) is 4.65. The van der Waals surface area contributed by atoms with Crippen molar-refractivity contribution >= 4 is 11.0 Å². The minimum atomic E-state index is 0.116. The largest absolute Gasteiger partial charge is 0.396 e. The van der Waals surface area contributed by atoms with E-state index in [0.29, 0.717) is 6.42 Å². The maximum atomic E-state index is 9.27. The lowest BCUT2D eigenvalue weighted by atomic mass is 10.1. The van der Waals surface area contributed by atoms with Crippen LogP contribution in [0.25, 0.3) is 11.0 Å². The van der Waals surface area contributed by atoms with E-state index >= 15 is 0 Å². The second-order valence-electron chi connectivity index (χ2n) is 4.95. The molecule has 0 aliphatic carbocycles. The van der Waals surface area contributed by atoms with Gasteiger partial charge < -0.3 is 9.67 Å². The molecule has 0 saturated carbocycles. The standard InChI is InChI=1S/C17H18N2O/c1-13(14-7-3-2-4-8-14)19-16-10-6-5-9-15(16)18-17(19)11-12-20/h2-10,13,20H,11-12H2,1H3/t13-/m0/s1. The normalized spacial score (nSPS) is 12.7. The first-order chi connectivity index (χ1) is 9.81. The number of nitrogens with zero attached hydrogens (tertiary/aromatic N) is 2. The van der Waals surface area contributed by atoms with Crippen LogP contribution in [0.4, 0.5) is 0 Å². The lowest BCUT2D eigenvalue weighted by Crippen LogP contribution is -2.11. The number of imidazole rings is 1. The number of para-hydroxylation sites is 2. The lowest BCUT2D eigenvalue weighted by Gasteiger charge is -2.18. The Hall–Kier alpha value is -2.13. The summed E-state index contributed by atoms with van der Waals surface area (Å²) in [5.41, 5.74) is 3.35. The molecule has 0 fully saturated rings. The van der Waals surface area contributed by atoms with Crippen molar-refractivity contribution in [3.8, 4) is 0 Å². The van der Waals surface area contributed by atoms with E-state index in [1.54, 1.807) is 0 Å². The Balaban J connectivity index is 2.15. The van der Waals surface area contributed by atoms with Gasteiger partial charge >= 0.3 is 0 Å². The van der Waals surface area contributed by atoms with Gasteiger partial charge in [-0.05, 0) is 24.6 Å². The molecule has 0 radical (unpaired) electrons. The van der Waals surface area contributed by atoms with Crippen LogP contribution in [-0.2, 0) is 6.42 Å². The molecule has 2 aromatic carbocycles. The van der Waals surface area contributed by atoms with Gasteiger partial charge in [0.15, 0.2) is 0 Å². The van der Waals surface area contributed by atoms with E-state index in [-0.39, 0.29) is 12.6 Å². The third kappa shape index (κ3) is 2.21. The van der Waals surface area contributed by atoms with Crippen LogP contribution in [0.5, 0.6) is 0 Å². The Morgan fingerprint density at radius 3 is 2.50 bits per heavy atom. The van der Waals surface area contributed by atoms with Crippen LogP contribution in [-0.4, -0.2) is 21.3 Å². The molecule has 20 heavy (non-hydrogen) atoms. The number of aromatic nitrogens is 2. The summed E-state index contributed by atoms with van der Waals surface area (Å²) in [6.45, 7) is 2.29. The molecule has 1 heterocycles. The van der Waals surface area contributed by atoms with Crippen LogP contribution in [0, 0.1) is 0 Å². The molecular formula is C17H18N2O. The smallest absolute Gasteiger partial charge is 0.112 e. The van der Waals surface area contributed by atoms with Crippen LogP contribution in [0.15, 0.2) is 54.6 Å². The van der Waals surface area contributed by atoms with Crippen molar-refractivity contribution in [2.45, 2.75) is 19.4 Å². The topological polar surface area (TPSA) is 38.0 Å². The van der Waals surface area contributed by atoms with Gasteiger partial charge in [-0.15, -0.1) is 0 Å². The number of rotatable bonds is 4. The zero-order valence-corrected chi connectivity index (χ0v) is 11.5. The fraction of sp³-hybridized carbons (Fsp3) is 0.235. The van der Waals surface area contributed by atoms with Gasteiger partial charge in [-0.3, -0.25) is 0 Å². The monoisotopic (exact) mass is 266 g/mol. The van der Waals surface area contributed by atoms with Gasteiger partial charge in [0, 0.05) is 6.42 Å². The average molecular weight is 266 g/mol. The van der Waals surface area contributed by atoms with E-state index in [1.165, 1.54) is 5.56 Å². The van der Waals surface area contributed by atoms with Gasteiger partial charge in [0.1, 0.15) is 5.82 Å². The second-order valence-corrected chi connectivity index (χ2v) is 4.95. The number of aliphatic hydroxyl groups is 1. The summed E-state index contributed by atoms with van der Waals surface area (Å²) in [7, 11) is 0. The van der Waals surface area contributed by atoms with Gasteiger partial charge in [-0.2, -0.15) is 0 Å². The Morgan fingerprint density at radius 1 is 1.05 bits per heavy atom. The highest BCUT2D eigenvalue weighted by Gasteiger charge is 2.16. The Kier molecular flexibility index (Phi) is 3.52. The van der Waals surface area contributed by atoms with Crippen LogP contribution < -0.4 is 0 Å². The minimum absolute atomic E-state index is 0.116. The molecule has 0 aliphatic rings. The molecule has 3 nitrogen and oxygen atoms in total. The zero-order chi connectivity index (χ0) is 13.9. The van der Waals surface area contributed by atoms with Crippen LogP contribution in [0.1, 0.15) is 24.4 Å². The van der Waals surface area contributed by atoms with Crippen molar-refractivity contribution in [3.63, 3.8) is 0 Å². The number of hydrogen-bond acceptors (Lipinski definition) is 2. The third-order valence-electron chi connectivity index (χ3n) is 3.67. The predicted octanol–water partition coefficient (Wildman–Crippen LogP) is 3.18. The van der Waals surface area contributed by atoms with Crippen molar-refractivity contribution in [3.05, 3.63) is 66.0 Å². The summed E-state index contributed by atoms with van der Waals surface area (Å²) in [6.07, 6.45) is 0.575. The molecule has 0 amide bonds. The van der Waals surface area contributed by atoms with Gasteiger partial charge in [-0.25, -0.2) is 4.98 Å². The molecule has 0 aliphatic heterocycles.